The largest absolute Gasteiger partial charge is 0.444 e. The van der Waals surface area contributed by atoms with Gasteiger partial charge in [0.1, 0.15) is 17.7 Å². The summed E-state index contributed by atoms with van der Waals surface area (Å²) in [7, 11) is 0. The van der Waals surface area contributed by atoms with Gasteiger partial charge in [0, 0.05) is 12.1 Å². The maximum atomic E-state index is 13.8. The molecule has 0 radical (unpaired) electrons. The van der Waals surface area contributed by atoms with Crippen molar-refractivity contribution in [2.45, 2.75) is 118 Å². The predicted octanol–water partition coefficient (Wildman–Crippen LogP) is 5.58. The van der Waals surface area contributed by atoms with Crippen LogP contribution in [0.15, 0.2) is 18.2 Å². The fraction of sp³-hybridized carbons (Fsp3) is 0.679. The second-order valence-corrected chi connectivity index (χ2v) is 11.4. The summed E-state index contributed by atoms with van der Waals surface area (Å²) in [6.07, 6.45) is 3.18. The average Bonchev–Trinajstić information content (AvgIpc) is 2.69. The third kappa shape index (κ3) is 10.3. The molecule has 0 spiro atoms. The first-order valence-electron chi connectivity index (χ1n) is 12.8. The van der Waals surface area contributed by atoms with Gasteiger partial charge < -0.3 is 20.3 Å². The quantitative estimate of drug-likeness (QED) is 0.420. The number of nitrogens with one attached hydrogen (secondary N) is 2. The SMILES string of the molecule is CCCCCCN(C(=O)C(C)NC(=O)OC(C)(C)C)C(C(=O)NC(C)(C)C)c1cccc(C)c1C. The van der Waals surface area contributed by atoms with Gasteiger partial charge in [-0.15, -0.1) is 0 Å². The lowest BCUT2D eigenvalue weighted by molar-refractivity contribution is -0.142. The van der Waals surface area contributed by atoms with E-state index in [1.807, 2.05) is 52.8 Å². The summed E-state index contributed by atoms with van der Waals surface area (Å²) in [5.74, 6) is -0.554. The molecule has 0 bridgehead atoms. The van der Waals surface area contributed by atoms with Crippen molar-refractivity contribution in [3.05, 3.63) is 34.9 Å². The molecule has 7 heteroatoms. The van der Waals surface area contributed by atoms with Crippen molar-refractivity contribution >= 4 is 17.9 Å². The topological polar surface area (TPSA) is 87.7 Å². The summed E-state index contributed by atoms with van der Waals surface area (Å²) in [4.78, 5) is 41.4. The Bertz CT molecular complexity index is 868. The molecule has 2 unspecified atom stereocenters. The number of unbranched alkanes of at least 4 members (excludes halogenated alkanes) is 3. The van der Waals surface area contributed by atoms with Crippen molar-refractivity contribution in [1.29, 1.82) is 0 Å². The Morgan fingerprint density at radius 1 is 1.00 bits per heavy atom. The zero-order chi connectivity index (χ0) is 27.0. The van der Waals surface area contributed by atoms with Gasteiger partial charge in [-0.2, -0.15) is 0 Å². The van der Waals surface area contributed by atoms with E-state index in [0.29, 0.717) is 6.54 Å². The molecule has 0 aliphatic heterocycles. The lowest BCUT2D eigenvalue weighted by atomic mass is 9.94. The molecule has 1 aromatic rings. The average molecular weight is 490 g/mol. The second-order valence-electron chi connectivity index (χ2n) is 11.4. The van der Waals surface area contributed by atoms with Crippen LogP contribution in [0.25, 0.3) is 0 Å². The summed E-state index contributed by atoms with van der Waals surface area (Å²) >= 11 is 0. The van der Waals surface area contributed by atoms with E-state index in [9.17, 15) is 14.4 Å². The Morgan fingerprint density at radius 3 is 2.17 bits per heavy atom. The summed E-state index contributed by atoms with van der Waals surface area (Å²) in [6, 6.07) is 4.15. The van der Waals surface area contributed by atoms with E-state index in [1.54, 1.807) is 32.6 Å². The number of ether oxygens (including phenoxy) is 1. The molecule has 0 fully saturated rings. The van der Waals surface area contributed by atoms with Crippen LogP contribution < -0.4 is 10.6 Å². The Morgan fingerprint density at radius 2 is 1.63 bits per heavy atom. The summed E-state index contributed by atoms with van der Waals surface area (Å²) in [5, 5.41) is 5.72. The van der Waals surface area contributed by atoms with Crippen molar-refractivity contribution in [3.8, 4) is 0 Å². The number of amides is 3. The molecule has 0 aromatic heterocycles. The van der Waals surface area contributed by atoms with Crippen LogP contribution in [0.5, 0.6) is 0 Å². The molecule has 0 aliphatic carbocycles. The van der Waals surface area contributed by atoms with Gasteiger partial charge in [0.2, 0.25) is 11.8 Å². The minimum atomic E-state index is -0.855. The molecule has 2 N–H and O–H groups in total. The molecular weight excluding hydrogens is 442 g/mol. The number of nitrogens with zero attached hydrogens (tertiary/aromatic N) is 1. The third-order valence-electron chi connectivity index (χ3n) is 5.64. The van der Waals surface area contributed by atoms with Crippen LogP contribution in [0.4, 0.5) is 4.79 Å². The lowest BCUT2D eigenvalue weighted by Crippen LogP contribution is -2.54. The third-order valence-corrected chi connectivity index (χ3v) is 5.64. The number of carbonyl (C=O) groups excluding carboxylic acids is 3. The van der Waals surface area contributed by atoms with E-state index in [0.717, 1.165) is 42.4 Å². The van der Waals surface area contributed by atoms with Gasteiger partial charge in [0.25, 0.3) is 0 Å². The number of carbonyl (C=O) groups is 3. The van der Waals surface area contributed by atoms with Crippen LogP contribution >= 0.6 is 0 Å². The highest BCUT2D eigenvalue weighted by Crippen LogP contribution is 2.28. The number of rotatable bonds is 10. The van der Waals surface area contributed by atoms with E-state index in [2.05, 4.69) is 17.6 Å². The lowest BCUT2D eigenvalue weighted by Gasteiger charge is -2.36. The molecule has 1 aromatic carbocycles. The molecule has 198 valence electrons. The zero-order valence-corrected chi connectivity index (χ0v) is 23.5. The molecule has 35 heavy (non-hydrogen) atoms. The van der Waals surface area contributed by atoms with Gasteiger partial charge in [-0.1, -0.05) is 44.4 Å². The van der Waals surface area contributed by atoms with Gasteiger partial charge in [-0.3, -0.25) is 9.59 Å². The number of hydrogen-bond acceptors (Lipinski definition) is 4. The summed E-state index contributed by atoms with van der Waals surface area (Å²) in [5.41, 5.74) is 1.67. The highest BCUT2D eigenvalue weighted by atomic mass is 16.6. The molecular formula is C28H47N3O4. The number of alkyl carbamates (subject to hydrolysis) is 1. The first kappa shape index (κ1) is 30.5. The molecule has 0 saturated heterocycles. The van der Waals surface area contributed by atoms with Crippen LogP contribution in [0.2, 0.25) is 0 Å². The minimum absolute atomic E-state index is 0.237. The van der Waals surface area contributed by atoms with Crippen LogP contribution in [0.1, 0.15) is 104 Å². The zero-order valence-electron chi connectivity index (χ0n) is 23.5. The Balaban J connectivity index is 3.42. The Kier molecular flexibility index (Phi) is 11.3. The Hall–Kier alpha value is -2.57. The first-order chi connectivity index (χ1) is 16.1. The molecule has 1 rings (SSSR count). The highest BCUT2D eigenvalue weighted by molar-refractivity contribution is 5.92. The van der Waals surface area contributed by atoms with Crippen LogP contribution in [0.3, 0.4) is 0 Å². The summed E-state index contributed by atoms with van der Waals surface area (Å²) in [6.45, 7) is 19.2. The van der Waals surface area contributed by atoms with Gasteiger partial charge in [-0.05, 0) is 85.4 Å². The number of aryl methyl sites for hydroxylation is 1. The van der Waals surface area contributed by atoms with Crippen molar-refractivity contribution in [3.63, 3.8) is 0 Å². The van der Waals surface area contributed by atoms with E-state index in [1.165, 1.54) is 0 Å². The monoisotopic (exact) mass is 489 g/mol. The van der Waals surface area contributed by atoms with E-state index >= 15 is 0 Å². The number of benzene rings is 1. The highest BCUT2D eigenvalue weighted by Gasteiger charge is 2.36. The fourth-order valence-corrected chi connectivity index (χ4v) is 3.83. The van der Waals surface area contributed by atoms with Crippen molar-refractivity contribution in [2.75, 3.05) is 6.54 Å². The molecule has 2 atom stereocenters. The van der Waals surface area contributed by atoms with Crippen molar-refractivity contribution in [2.24, 2.45) is 0 Å². The van der Waals surface area contributed by atoms with Crippen molar-refractivity contribution in [1.82, 2.24) is 15.5 Å². The standard InChI is InChI=1S/C28H47N3O4/c1-11-12-13-14-18-31(25(33)21(4)29-26(34)35-28(8,9)10)23(24(32)30-27(5,6)7)22-17-15-16-19(2)20(22)3/h15-17,21,23H,11-14,18H2,1-10H3,(H,29,34)(H,30,32). The smallest absolute Gasteiger partial charge is 0.408 e. The normalized spacial score (nSPS) is 13.5. The number of hydrogen-bond donors (Lipinski definition) is 2. The molecule has 0 saturated carbocycles. The maximum absolute atomic E-state index is 13.8. The molecule has 3 amide bonds. The van der Waals surface area contributed by atoms with Crippen LogP contribution in [-0.2, 0) is 14.3 Å². The second kappa shape index (κ2) is 12.9. The van der Waals surface area contributed by atoms with Crippen molar-refractivity contribution < 1.29 is 19.1 Å². The minimum Gasteiger partial charge on any atom is -0.444 e. The maximum Gasteiger partial charge on any atom is 0.408 e. The van der Waals surface area contributed by atoms with Crippen LogP contribution in [0, 0.1) is 13.8 Å². The van der Waals surface area contributed by atoms with Crippen LogP contribution in [-0.4, -0.2) is 46.5 Å². The van der Waals surface area contributed by atoms with Gasteiger partial charge in [0.15, 0.2) is 0 Å². The summed E-state index contributed by atoms with van der Waals surface area (Å²) < 4.78 is 5.34. The first-order valence-corrected chi connectivity index (χ1v) is 12.8. The fourth-order valence-electron chi connectivity index (χ4n) is 3.83. The van der Waals surface area contributed by atoms with Gasteiger partial charge in [-0.25, -0.2) is 4.79 Å². The van der Waals surface area contributed by atoms with E-state index < -0.39 is 29.3 Å². The Labute approximate surface area is 212 Å². The predicted molar refractivity (Wildman–Crippen MR) is 141 cm³/mol. The molecule has 0 heterocycles. The van der Waals surface area contributed by atoms with Gasteiger partial charge in [0.05, 0.1) is 0 Å². The molecule has 0 aliphatic rings. The van der Waals surface area contributed by atoms with Gasteiger partial charge >= 0.3 is 6.09 Å². The molecule has 7 nitrogen and oxygen atoms in total. The van der Waals surface area contributed by atoms with E-state index in [4.69, 9.17) is 4.74 Å². The van der Waals surface area contributed by atoms with E-state index in [-0.39, 0.29) is 11.8 Å².